The monoisotopic (exact) mass is 362 g/mol. The van der Waals surface area contributed by atoms with Crippen molar-refractivity contribution in [2.45, 2.75) is 77.0 Å². The van der Waals surface area contributed by atoms with Gasteiger partial charge in [-0.3, -0.25) is 4.79 Å². The van der Waals surface area contributed by atoms with E-state index in [1.165, 1.54) is 0 Å². The molecule has 2 atom stereocenters. The molecule has 2 saturated carbocycles. The van der Waals surface area contributed by atoms with Crippen molar-refractivity contribution in [3.05, 3.63) is 0 Å². The number of carbonyl (C=O) groups is 2. The normalized spacial score (nSPS) is 28.0. The summed E-state index contributed by atoms with van der Waals surface area (Å²) in [5.41, 5.74) is -2.71. The highest BCUT2D eigenvalue weighted by molar-refractivity contribution is 7.85. The summed E-state index contributed by atoms with van der Waals surface area (Å²) in [6.45, 7) is 8.65. The molecule has 8 nitrogen and oxygen atoms in total. The summed E-state index contributed by atoms with van der Waals surface area (Å²) in [6, 6.07) is 0. The van der Waals surface area contributed by atoms with Gasteiger partial charge in [-0.15, -0.1) is 0 Å². The zero-order chi connectivity index (χ0) is 18.4. The molecular weight excluding hydrogens is 336 g/mol. The fraction of sp³-hybridized carbons (Fsp3) is 0.867. The number of nitrogens with one attached hydrogen (secondary N) is 2. The molecule has 2 amide bonds. The first-order valence-corrected chi connectivity index (χ1v) is 9.51. The molecule has 9 heteroatoms. The molecule has 138 valence electrons. The lowest BCUT2D eigenvalue weighted by Gasteiger charge is -2.24. The molecule has 0 heterocycles. The number of carbonyl (C=O) groups excluding carboxylic acids is 2. The molecule has 0 aromatic heterocycles. The zero-order valence-electron chi connectivity index (χ0n) is 14.8. The number of hydrogen-bond donors (Lipinski definition) is 2. The van der Waals surface area contributed by atoms with Crippen LogP contribution in [0, 0.1) is 5.92 Å². The average Bonchev–Trinajstić information content (AvgIpc) is 3.24. The van der Waals surface area contributed by atoms with Crippen LogP contribution in [0.15, 0.2) is 0 Å². The van der Waals surface area contributed by atoms with E-state index in [0.29, 0.717) is 25.7 Å². The van der Waals surface area contributed by atoms with Crippen molar-refractivity contribution in [1.29, 1.82) is 0 Å². The smallest absolute Gasteiger partial charge is 0.408 e. The van der Waals surface area contributed by atoms with Crippen molar-refractivity contribution in [2.75, 3.05) is 0 Å². The van der Waals surface area contributed by atoms with Gasteiger partial charge in [-0.05, 0) is 52.9 Å². The van der Waals surface area contributed by atoms with Gasteiger partial charge in [0, 0.05) is 0 Å². The Morgan fingerprint density at radius 3 is 2.25 bits per heavy atom. The molecule has 2 N–H and O–H groups in total. The zero-order valence-corrected chi connectivity index (χ0v) is 15.6. The number of rotatable bonds is 6. The first-order chi connectivity index (χ1) is 10.8. The molecule has 0 radical (unpaired) electrons. The van der Waals surface area contributed by atoms with E-state index in [0.717, 1.165) is 0 Å². The summed E-state index contributed by atoms with van der Waals surface area (Å²) < 4.78 is 36.0. The molecular formula is C15H26N2O6S. The van der Waals surface area contributed by atoms with E-state index in [9.17, 15) is 18.0 Å². The lowest BCUT2D eigenvalue weighted by molar-refractivity contribution is -0.123. The van der Waals surface area contributed by atoms with Crippen LogP contribution in [0.3, 0.4) is 0 Å². The van der Waals surface area contributed by atoms with Gasteiger partial charge in [0.05, 0.1) is 5.60 Å². The molecule has 0 spiro atoms. The van der Waals surface area contributed by atoms with Gasteiger partial charge >= 0.3 is 16.4 Å². The van der Waals surface area contributed by atoms with E-state index in [4.69, 9.17) is 8.92 Å². The minimum atomic E-state index is -4.21. The van der Waals surface area contributed by atoms with Crippen molar-refractivity contribution in [3.8, 4) is 0 Å². The van der Waals surface area contributed by atoms with Crippen molar-refractivity contribution >= 4 is 22.3 Å². The van der Waals surface area contributed by atoms with E-state index < -0.39 is 39.0 Å². The van der Waals surface area contributed by atoms with E-state index >= 15 is 0 Å². The van der Waals surface area contributed by atoms with Crippen molar-refractivity contribution in [1.82, 2.24) is 10.0 Å². The van der Waals surface area contributed by atoms with E-state index in [1.807, 2.05) is 11.6 Å². The van der Waals surface area contributed by atoms with Crippen LogP contribution < -0.4 is 10.0 Å². The van der Waals surface area contributed by atoms with Crippen molar-refractivity contribution in [2.24, 2.45) is 5.92 Å². The van der Waals surface area contributed by atoms with Gasteiger partial charge in [-0.1, -0.05) is 13.3 Å². The quantitative estimate of drug-likeness (QED) is 0.743. The van der Waals surface area contributed by atoms with Crippen LogP contribution in [-0.2, 0) is 24.0 Å². The van der Waals surface area contributed by atoms with Gasteiger partial charge in [-0.25, -0.2) is 13.7 Å². The molecule has 0 aromatic carbocycles. The van der Waals surface area contributed by atoms with Crippen LogP contribution >= 0.6 is 0 Å². The molecule has 0 bridgehead atoms. The molecule has 2 fully saturated rings. The van der Waals surface area contributed by atoms with E-state index in [2.05, 4.69) is 5.32 Å². The number of alkyl carbamates (subject to hydrolysis) is 1. The molecule has 2 aliphatic rings. The lowest BCUT2D eigenvalue weighted by Crippen LogP contribution is -2.53. The Labute approximate surface area is 142 Å². The number of amides is 2. The third kappa shape index (κ3) is 4.60. The van der Waals surface area contributed by atoms with Crippen LogP contribution in [0.25, 0.3) is 0 Å². The minimum Gasteiger partial charge on any atom is -0.444 e. The Balaban J connectivity index is 2.04. The largest absolute Gasteiger partial charge is 0.444 e. The summed E-state index contributed by atoms with van der Waals surface area (Å²) in [7, 11) is -4.21. The molecule has 2 aliphatic carbocycles. The first kappa shape index (κ1) is 19.0. The predicted molar refractivity (Wildman–Crippen MR) is 86.3 cm³/mol. The first-order valence-electron chi connectivity index (χ1n) is 8.10. The highest BCUT2D eigenvalue weighted by atomic mass is 32.2. The Kier molecular flexibility index (Phi) is 4.64. The lowest BCUT2D eigenvalue weighted by atomic mass is 10.1. The van der Waals surface area contributed by atoms with Gasteiger partial charge in [0.25, 0.3) is 5.91 Å². The SMILES string of the molecule is CCC1CC1(NC(=O)OC(C)(C)C)C(=O)NS(=O)(=O)OC1(C)CC1. The molecule has 0 aromatic rings. The second-order valence-electron chi connectivity index (χ2n) is 7.83. The van der Waals surface area contributed by atoms with Crippen molar-refractivity contribution in [3.63, 3.8) is 0 Å². The Morgan fingerprint density at radius 1 is 1.25 bits per heavy atom. The van der Waals surface area contributed by atoms with Crippen molar-refractivity contribution < 1.29 is 26.9 Å². The maximum Gasteiger partial charge on any atom is 0.408 e. The van der Waals surface area contributed by atoms with Crippen LogP contribution in [0.4, 0.5) is 4.79 Å². The standard InChI is InChI=1S/C15H26N2O6S/c1-6-10-9-15(10,16-12(19)22-13(2,3)4)11(18)17-24(20,21)23-14(5)7-8-14/h10H,6-9H2,1-5H3,(H,16,19)(H,17,18). The van der Waals surface area contributed by atoms with Crippen LogP contribution in [0.1, 0.15) is 60.3 Å². The summed E-state index contributed by atoms with van der Waals surface area (Å²) in [5.74, 6) is -0.929. The number of ether oxygens (including phenoxy) is 1. The third-order valence-corrected chi connectivity index (χ3v) is 5.27. The Morgan fingerprint density at radius 2 is 1.83 bits per heavy atom. The van der Waals surface area contributed by atoms with Crippen LogP contribution in [0.5, 0.6) is 0 Å². The fourth-order valence-electron chi connectivity index (χ4n) is 2.55. The fourth-order valence-corrected chi connectivity index (χ4v) is 3.69. The molecule has 2 rings (SSSR count). The third-order valence-electron chi connectivity index (χ3n) is 4.21. The van der Waals surface area contributed by atoms with Gasteiger partial charge in [0.2, 0.25) is 0 Å². The maximum atomic E-state index is 12.5. The second kappa shape index (κ2) is 5.87. The van der Waals surface area contributed by atoms with Gasteiger partial charge in [-0.2, -0.15) is 8.42 Å². The highest BCUT2D eigenvalue weighted by Gasteiger charge is 2.61. The Bertz CT molecular complexity index is 635. The minimum absolute atomic E-state index is 0.142. The van der Waals surface area contributed by atoms with Gasteiger partial charge in [0.1, 0.15) is 11.1 Å². The summed E-state index contributed by atoms with van der Waals surface area (Å²) in [6.07, 6.45) is 1.49. The average molecular weight is 362 g/mol. The van der Waals surface area contributed by atoms with Gasteiger partial charge in [0.15, 0.2) is 0 Å². The van der Waals surface area contributed by atoms with E-state index in [-0.39, 0.29) is 5.92 Å². The van der Waals surface area contributed by atoms with Crippen LogP contribution in [0.2, 0.25) is 0 Å². The van der Waals surface area contributed by atoms with Crippen LogP contribution in [-0.4, -0.2) is 37.2 Å². The molecule has 0 aliphatic heterocycles. The van der Waals surface area contributed by atoms with E-state index in [1.54, 1.807) is 27.7 Å². The van der Waals surface area contributed by atoms with Gasteiger partial charge < -0.3 is 10.1 Å². The Hall–Kier alpha value is -1.35. The number of hydrogen-bond acceptors (Lipinski definition) is 6. The molecule has 24 heavy (non-hydrogen) atoms. The summed E-state index contributed by atoms with van der Waals surface area (Å²) in [4.78, 5) is 24.5. The summed E-state index contributed by atoms with van der Waals surface area (Å²) >= 11 is 0. The predicted octanol–water partition coefficient (Wildman–Crippen LogP) is 1.61. The maximum absolute atomic E-state index is 12.5. The second-order valence-corrected chi connectivity index (χ2v) is 9.11. The molecule has 0 saturated heterocycles. The summed E-state index contributed by atoms with van der Waals surface area (Å²) in [5, 5.41) is 2.53. The topological polar surface area (TPSA) is 111 Å². The highest BCUT2D eigenvalue weighted by Crippen LogP contribution is 2.46. The molecule has 2 unspecified atom stereocenters.